The van der Waals surface area contributed by atoms with Gasteiger partial charge in [0.25, 0.3) is 5.91 Å². The Hall–Kier alpha value is -3.26. The van der Waals surface area contributed by atoms with Crippen molar-refractivity contribution in [1.82, 2.24) is 14.6 Å². The number of carbonyl (C=O) groups excluding carboxylic acids is 2. The number of fused-ring (bicyclic) bond motifs is 1. The first-order chi connectivity index (χ1) is 12.5. The molecular formula is C18H15N5O2S. The molecule has 1 aliphatic rings. The average Bonchev–Trinajstić information content (AvgIpc) is 3.25. The number of nitrogen functional groups attached to an aromatic ring is 1. The molecule has 2 aromatic heterocycles. The van der Waals surface area contributed by atoms with Gasteiger partial charge in [-0.15, -0.1) is 11.3 Å². The molecule has 1 aromatic carbocycles. The number of ketones is 1. The molecule has 1 amide bonds. The molecule has 2 heterocycles. The van der Waals surface area contributed by atoms with Crippen molar-refractivity contribution in [3.8, 4) is 11.3 Å². The lowest BCUT2D eigenvalue weighted by Crippen LogP contribution is -2.14. The van der Waals surface area contributed by atoms with Gasteiger partial charge in [0.2, 0.25) is 5.78 Å². The maximum absolute atomic E-state index is 12.8. The number of aromatic nitrogens is 3. The molecule has 0 spiro atoms. The molecule has 1 aliphatic carbocycles. The molecule has 3 aromatic rings. The highest BCUT2D eigenvalue weighted by atomic mass is 32.1. The maximum Gasteiger partial charge on any atom is 0.277 e. The molecule has 130 valence electrons. The molecule has 0 aliphatic heterocycles. The Morgan fingerprint density at radius 1 is 1.27 bits per heavy atom. The van der Waals surface area contributed by atoms with Crippen LogP contribution in [0.2, 0.25) is 0 Å². The topological polar surface area (TPSA) is 117 Å². The zero-order valence-electron chi connectivity index (χ0n) is 13.7. The first kappa shape index (κ1) is 16.2. The number of aryl methyl sites for hydroxylation is 1. The fourth-order valence-electron chi connectivity index (χ4n) is 2.98. The minimum atomic E-state index is -0.606. The van der Waals surface area contributed by atoms with Crippen LogP contribution in [0.5, 0.6) is 0 Å². The number of primary amides is 1. The standard InChI is InChI=1S/C18H15N5O2S/c19-17(25)18-22-15-14(26-18)6-5-11(16(15)24)7-10-3-1-2-4-12(10)13-8-23(20)9-21-13/h1-4,7-9H,5-6,20H2,(H2,19,25)/b11-7+. The summed E-state index contributed by atoms with van der Waals surface area (Å²) in [5.74, 6) is 4.93. The molecule has 0 unspecified atom stereocenters. The van der Waals surface area contributed by atoms with E-state index in [1.807, 2.05) is 30.3 Å². The molecule has 0 atom stereocenters. The molecule has 8 heteroatoms. The number of nitrogens with two attached hydrogens (primary N) is 2. The minimum Gasteiger partial charge on any atom is -0.364 e. The normalized spacial score (nSPS) is 15.2. The average molecular weight is 365 g/mol. The van der Waals surface area contributed by atoms with Crippen molar-refractivity contribution in [3.05, 3.63) is 63.5 Å². The third kappa shape index (κ3) is 2.80. The van der Waals surface area contributed by atoms with Crippen molar-refractivity contribution >= 4 is 29.1 Å². The van der Waals surface area contributed by atoms with E-state index in [4.69, 9.17) is 11.6 Å². The number of allylic oxidation sites excluding steroid dienone is 1. The van der Waals surface area contributed by atoms with E-state index in [1.54, 1.807) is 6.20 Å². The number of amides is 1. The Balaban J connectivity index is 1.74. The number of nitrogens with zero attached hydrogens (tertiary/aromatic N) is 3. The van der Waals surface area contributed by atoms with Crippen LogP contribution < -0.4 is 11.6 Å². The highest BCUT2D eigenvalue weighted by molar-refractivity contribution is 7.14. The van der Waals surface area contributed by atoms with E-state index >= 15 is 0 Å². The van der Waals surface area contributed by atoms with Gasteiger partial charge in [-0.2, -0.15) is 0 Å². The van der Waals surface area contributed by atoms with Gasteiger partial charge in [-0.1, -0.05) is 24.3 Å². The molecule has 0 saturated heterocycles. The van der Waals surface area contributed by atoms with Gasteiger partial charge in [-0.25, -0.2) is 9.97 Å². The molecule has 26 heavy (non-hydrogen) atoms. The molecule has 4 rings (SSSR count). The smallest absolute Gasteiger partial charge is 0.277 e. The Kier molecular flexibility index (Phi) is 3.89. The number of hydrogen-bond donors (Lipinski definition) is 2. The third-order valence-corrected chi connectivity index (χ3v) is 5.33. The molecule has 4 N–H and O–H groups in total. The molecule has 0 bridgehead atoms. The summed E-state index contributed by atoms with van der Waals surface area (Å²) >= 11 is 1.20. The van der Waals surface area contributed by atoms with Crippen LogP contribution >= 0.6 is 11.3 Å². The van der Waals surface area contributed by atoms with Crippen LogP contribution in [0.4, 0.5) is 0 Å². The highest BCUT2D eigenvalue weighted by Gasteiger charge is 2.27. The van der Waals surface area contributed by atoms with Gasteiger partial charge in [0.1, 0.15) is 12.0 Å². The fraction of sp³-hybridized carbons (Fsp3) is 0.111. The van der Waals surface area contributed by atoms with Crippen LogP contribution in [0.1, 0.15) is 37.2 Å². The first-order valence-electron chi connectivity index (χ1n) is 7.96. The SMILES string of the molecule is NC(=O)c1nc2c(s1)CC/C(=C\c1ccccc1-c1cn(N)cn1)C2=O. The lowest BCUT2D eigenvalue weighted by molar-refractivity contribution is 0.1000. The number of rotatable bonds is 3. The quantitative estimate of drug-likeness (QED) is 0.544. The van der Waals surface area contributed by atoms with E-state index < -0.39 is 5.91 Å². The summed E-state index contributed by atoms with van der Waals surface area (Å²) in [6.07, 6.45) is 6.36. The van der Waals surface area contributed by atoms with E-state index in [2.05, 4.69) is 9.97 Å². The van der Waals surface area contributed by atoms with Crippen molar-refractivity contribution in [1.29, 1.82) is 0 Å². The van der Waals surface area contributed by atoms with E-state index in [-0.39, 0.29) is 10.8 Å². The Labute approximate surface area is 153 Å². The second kappa shape index (κ2) is 6.23. The van der Waals surface area contributed by atoms with Crippen molar-refractivity contribution in [3.63, 3.8) is 0 Å². The summed E-state index contributed by atoms with van der Waals surface area (Å²) in [4.78, 5) is 33.3. The van der Waals surface area contributed by atoms with E-state index in [0.29, 0.717) is 24.1 Å². The van der Waals surface area contributed by atoms with Gasteiger partial charge >= 0.3 is 0 Å². The van der Waals surface area contributed by atoms with Crippen molar-refractivity contribution < 1.29 is 9.59 Å². The number of thiazole rings is 1. The molecular weight excluding hydrogens is 350 g/mol. The number of hydrogen-bond acceptors (Lipinski definition) is 6. The summed E-state index contributed by atoms with van der Waals surface area (Å²) in [6, 6.07) is 7.67. The van der Waals surface area contributed by atoms with Crippen molar-refractivity contribution in [2.75, 3.05) is 5.84 Å². The number of carbonyl (C=O) groups is 2. The van der Waals surface area contributed by atoms with Gasteiger partial charge in [-0.05, 0) is 24.5 Å². The van der Waals surface area contributed by atoms with Gasteiger partial charge < -0.3 is 11.6 Å². The number of Topliss-reactive ketones (excluding diaryl/α,β-unsaturated/α-hetero) is 1. The first-order valence-corrected chi connectivity index (χ1v) is 8.78. The Morgan fingerprint density at radius 3 is 2.81 bits per heavy atom. The lowest BCUT2D eigenvalue weighted by atomic mass is 9.92. The highest BCUT2D eigenvalue weighted by Crippen LogP contribution is 2.32. The van der Waals surface area contributed by atoms with E-state index in [1.165, 1.54) is 22.3 Å². The van der Waals surface area contributed by atoms with Crippen LogP contribution in [0, 0.1) is 0 Å². The van der Waals surface area contributed by atoms with Gasteiger partial charge in [0.05, 0.1) is 11.9 Å². The summed E-state index contributed by atoms with van der Waals surface area (Å²) in [5, 5.41) is 0.179. The number of imidazole rings is 1. The molecule has 0 radical (unpaired) electrons. The van der Waals surface area contributed by atoms with Crippen LogP contribution in [0.3, 0.4) is 0 Å². The second-order valence-electron chi connectivity index (χ2n) is 5.95. The van der Waals surface area contributed by atoms with Gasteiger partial charge in [0, 0.05) is 16.0 Å². The van der Waals surface area contributed by atoms with Crippen LogP contribution in [-0.4, -0.2) is 26.3 Å². The Bertz CT molecular complexity index is 1060. The van der Waals surface area contributed by atoms with Crippen molar-refractivity contribution in [2.24, 2.45) is 5.73 Å². The number of benzene rings is 1. The fourth-order valence-corrected chi connectivity index (χ4v) is 3.89. The monoisotopic (exact) mass is 365 g/mol. The maximum atomic E-state index is 12.8. The predicted octanol–water partition coefficient (Wildman–Crippen LogP) is 2.03. The molecule has 7 nitrogen and oxygen atoms in total. The summed E-state index contributed by atoms with van der Waals surface area (Å²) in [6.45, 7) is 0. The summed E-state index contributed by atoms with van der Waals surface area (Å²) < 4.78 is 1.39. The van der Waals surface area contributed by atoms with Gasteiger partial charge in [0.15, 0.2) is 5.01 Å². The van der Waals surface area contributed by atoms with Crippen LogP contribution in [-0.2, 0) is 6.42 Å². The summed E-state index contributed by atoms with van der Waals surface area (Å²) in [7, 11) is 0. The molecule has 0 fully saturated rings. The van der Waals surface area contributed by atoms with Crippen molar-refractivity contribution in [2.45, 2.75) is 12.8 Å². The zero-order chi connectivity index (χ0) is 18.3. The van der Waals surface area contributed by atoms with Crippen LogP contribution in [0.15, 0.2) is 42.4 Å². The lowest BCUT2D eigenvalue weighted by Gasteiger charge is -2.13. The van der Waals surface area contributed by atoms with Crippen LogP contribution in [0.25, 0.3) is 17.3 Å². The zero-order valence-corrected chi connectivity index (χ0v) is 14.5. The Morgan fingerprint density at radius 2 is 2.08 bits per heavy atom. The molecule has 0 saturated carbocycles. The summed E-state index contributed by atoms with van der Waals surface area (Å²) in [5.41, 5.74) is 8.77. The second-order valence-corrected chi connectivity index (χ2v) is 7.03. The largest absolute Gasteiger partial charge is 0.364 e. The van der Waals surface area contributed by atoms with Gasteiger partial charge in [-0.3, -0.25) is 14.3 Å². The third-order valence-electron chi connectivity index (χ3n) is 4.20. The minimum absolute atomic E-state index is 0.158. The van der Waals surface area contributed by atoms with E-state index in [0.717, 1.165) is 21.7 Å². The van der Waals surface area contributed by atoms with E-state index in [9.17, 15) is 9.59 Å². The predicted molar refractivity (Wildman–Crippen MR) is 99.1 cm³/mol.